The third-order valence-corrected chi connectivity index (χ3v) is 3.42. The Bertz CT molecular complexity index is 460. The van der Waals surface area contributed by atoms with Gasteiger partial charge in [0, 0.05) is 11.1 Å². The number of hydrogen-bond donors (Lipinski definition) is 1. The second kappa shape index (κ2) is 7.50. The maximum Gasteiger partial charge on any atom is 0.341 e. The lowest BCUT2D eigenvalue weighted by molar-refractivity contribution is 0.0596. The third kappa shape index (κ3) is 4.69. The summed E-state index contributed by atoms with van der Waals surface area (Å²) in [5.74, 6) is 0.0919. The van der Waals surface area contributed by atoms with E-state index in [4.69, 9.17) is 21.1 Å². The molecule has 1 aliphatic carbocycles. The molecule has 5 heteroatoms. The number of ether oxygens (including phenoxy) is 2. The van der Waals surface area contributed by atoms with E-state index in [2.05, 4.69) is 5.32 Å². The standard InChI is InChI=1S/C15H20ClNO3/c1-19-15(18)13-10-11(16)4-7-14(13)20-9-3-2-8-17-12-5-6-12/h4,7,10,12,17H,2-3,5-6,8-9H2,1H3. The highest BCUT2D eigenvalue weighted by molar-refractivity contribution is 6.31. The Hall–Kier alpha value is -1.26. The van der Waals surface area contributed by atoms with Crippen molar-refractivity contribution in [3.8, 4) is 5.75 Å². The topological polar surface area (TPSA) is 47.6 Å². The van der Waals surface area contributed by atoms with Crippen LogP contribution in [0.1, 0.15) is 36.0 Å². The van der Waals surface area contributed by atoms with Gasteiger partial charge in [0.25, 0.3) is 0 Å². The van der Waals surface area contributed by atoms with E-state index < -0.39 is 5.97 Å². The van der Waals surface area contributed by atoms with Gasteiger partial charge in [0.1, 0.15) is 11.3 Å². The molecule has 4 nitrogen and oxygen atoms in total. The smallest absolute Gasteiger partial charge is 0.341 e. The summed E-state index contributed by atoms with van der Waals surface area (Å²) in [6.07, 6.45) is 4.63. The molecule has 1 saturated carbocycles. The molecule has 1 fully saturated rings. The molecular weight excluding hydrogens is 278 g/mol. The van der Waals surface area contributed by atoms with Crippen LogP contribution < -0.4 is 10.1 Å². The number of halogens is 1. The number of hydrogen-bond acceptors (Lipinski definition) is 4. The van der Waals surface area contributed by atoms with Gasteiger partial charge in [-0.1, -0.05) is 11.6 Å². The quantitative estimate of drug-likeness (QED) is 0.592. The molecule has 0 heterocycles. The number of rotatable bonds is 8. The van der Waals surface area contributed by atoms with Crippen LogP contribution in [0.2, 0.25) is 5.02 Å². The van der Waals surface area contributed by atoms with E-state index in [1.807, 2.05) is 0 Å². The Morgan fingerprint density at radius 2 is 2.20 bits per heavy atom. The van der Waals surface area contributed by atoms with Gasteiger partial charge in [-0.3, -0.25) is 0 Å². The monoisotopic (exact) mass is 297 g/mol. The molecule has 1 aliphatic rings. The molecular formula is C15H20ClNO3. The lowest BCUT2D eigenvalue weighted by Gasteiger charge is -2.10. The molecule has 0 bridgehead atoms. The van der Waals surface area contributed by atoms with Gasteiger partial charge in [0.05, 0.1) is 13.7 Å². The summed E-state index contributed by atoms with van der Waals surface area (Å²) in [5, 5.41) is 3.95. The summed E-state index contributed by atoms with van der Waals surface area (Å²) >= 11 is 5.88. The Morgan fingerprint density at radius 3 is 2.90 bits per heavy atom. The van der Waals surface area contributed by atoms with Crippen LogP contribution in [0.5, 0.6) is 5.75 Å². The number of methoxy groups -OCH3 is 1. The SMILES string of the molecule is COC(=O)c1cc(Cl)ccc1OCCCCNC1CC1. The highest BCUT2D eigenvalue weighted by Crippen LogP contribution is 2.24. The average molecular weight is 298 g/mol. The van der Waals surface area contributed by atoms with E-state index in [0.29, 0.717) is 22.9 Å². The van der Waals surface area contributed by atoms with Crippen LogP contribution in [0.25, 0.3) is 0 Å². The number of nitrogens with one attached hydrogen (secondary N) is 1. The fourth-order valence-electron chi connectivity index (χ4n) is 1.90. The minimum absolute atomic E-state index is 0.371. The molecule has 20 heavy (non-hydrogen) atoms. The molecule has 110 valence electrons. The van der Waals surface area contributed by atoms with Crippen molar-refractivity contribution in [1.82, 2.24) is 5.32 Å². The maximum atomic E-state index is 11.6. The zero-order valence-electron chi connectivity index (χ0n) is 11.7. The van der Waals surface area contributed by atoms with E-state index in [-0.39, 0.29) is 0 Å². The van der Waals surface area contributed by atoms with Gasteiger partial charge >= 0.3 is 5.97 Å². The van der Waals surface area contributed by atoms with Crippen molar-refractivity contribution in [3.63, 3.8) is 0 Å². The van der Waals surface area contributed by atoms with Crippen LogP contribution in [0.4, 0.5) is 0 Å². The normalized spacial score (nSPS) is 14.1. The van der Waals surface area contributed by atoms with Crippen molar-refractivity contribution in [3.05, 3.63) is 28.8 Å². The summed E-state index contributed by atoms with van der Waals surface area (Å²) in [7, 11) is 1.34. The third-order valence-electron chi connectivity index (χ3n) is 3.19. The van der Waals surface area contributed by atoms with E-state index in [1.54, 1.807) is 18.2 Å². The second-order valence-electron chi connectivity index (χ2n) is 4.92. The zero-order valence-corrected chi connectivity index (χ0v) is 12.4. The van der Waals surface area contributed by atoms with Crippen molar-refractivity contribution in [2.45, 2.75) is 31.7 Å². The molecule has 0 saturated heterocycles. The van der Waals surface area contributed by atoms with Crippen LogP contribution >= 0.6 is 11.6 Å². The number of carbonyl (C=O) groups is 1. The van der Waals surface area contributed by atoms with Crippen molar-refractivity contribution < 1.29 is 14.3 Å². The van der Waals surface area contributed by atoms with Crippen LogP contribution in [0, 0.1) is 0 Å². The molecule has 0 atom stereocenters. The van der Waals surface area contributed by atoms with E-state index in [1.165, 1.54) is 20.0 Å². The number of esters is 1. The van der Waals surface area contributed by atoms with Crippen LogP contribution in [-0.4, -0.2) is 32.3 Å². The van der Waals surface area contributed by atoms with Crippen LogP contribution in [-0.2, 0) is 4.74 Å². The van der Waals surface area contributed by atoms with Gasteiger partial charge in [-0.25, -0.2) is 4.79 Å². The van der Waals surface area contributed by atoms with Gasteiger partial charge in [-0.15, -0.1) is 0 Å². The molecule has 0 spiro atoms. The van der Waals surface area contributed by atoms with Gasteiger partial charge < -0.3 is 14.8 Å². The lowest BCUT2D eigenvalue weighted by Crippen LogP contribution is -2.18. The van der Waals surface area contributed by atoms with Gasteiger partial charge in [-0.05, 0) is 50.4 Å². The van der Waals surface area contributed by atoms with Crippen molar-refractivity contribution in [2.75, 3.05) is 20.3 Å². The van der Waals surface area contributed by atoms with Crippen molar-refractivity contribution in [2.24, 2.45) is 0 Å². The molecule has 1 aromatic rings. The molecule has 0 unspecified atom stereocenters. The number of carbonyl (C=O) groups excluding carboxylic acids is 1. The van der Waals surface area contributed by atoms with E-state index in [9.17, 15) is 4.79 Å². The second-order valence-corrected chi connectivity index (χ2v) is 5.35. The summed E-state index contributed by atoms with van der Waals surface area (Å²) in [6, 6.07) is 5.73. The Kier molecular flexibility index (Phi) is 5.68. The number of benzene rings is 1. The predicted octanol–water partition coefficient (Wildman–Crippen LogP) is 3.04. The van der Waals surface area contributed by atoms with Crippen molar-refractivity contribution in [1.29, 1.82) is 0 Å². The summed E-state index contributed by atoms with van der Waals surface area (Å²) in [4.78, 5) is 11.6. The molecule has 1 N–H and O–H groups in total. The molecule has 0 radical (unpaired) electrons. The van der Waals surface area contributed by atoms with Crippen molar-refractivity contribution >= 4 is 17.6 Å². The Balaban J connectivity index is 1.77. The molecule has 0 aromatic heterocycles. The average Bonchev–Trinajstić information content (AvgIpc) is 3.27. The highest BCUT2D eigenvalue weighted by atomic mass is 35.5. The minimum atomic E-state index is -0.432. The highest BCUT2D eigenvalue weighted by Gasteiger charge is 2.19. The van der Waals surface area contributed by atoms with Gasteiger partial charge in [0.2, 0.25) is 0 Å². The zero-order chi connectivity index (χ0) is 14.4. The molecule has 1 aromatic carbocycles. The molecule has 2 rings (SSSR count). The first-order valence-corrected chi connectivity index (χ1v) is 7.32. The Morgan fingerprint density at radius 1 is 1.40 bits per heavy atom. The minimum Gasteiger partial charge on any atom is -0.493 e. The van der Waals surface area contributed by atoms with E-state index >= 15 is 0 Å². The van der Waals surface area contributed by atoms with E-state index in [0.717, 1.165) is 25.4 Å². The van der Waals surface area contributed by atoms with Crippen LogP contribution in [0.3, 0.4) is 0 Å². The largest absolute Gasteiger partial charge is 0.493 e. The first-order valence-electron chi connectivity index (χ1n) is 6.95. The first-order chi connectivity index (χ1) is 9.70. The predicted molar refractivity (Wildman–Crippen MR) is 78.5 cm³/mol. The lowest BCUT2D eigenvalue weighted by atomic mass is 10.2. The summed E-state index contributed by atoms with van der Waals surface area (Å²) in [5.41, 5.74) is 0.371. The summed E-state index contributed by atoms with van der Waals surface area (Å²) < 4.78 is 10.4. The summed E-state index contributed by atoms with van der Waals surface area (Å²) in [6.45, 7) is 1.61. The van der Waals surface area contributed by atoms with Crippen LogP contribution in [0.15, 0.2) is 18.2 Å². The van der Waals surface area contributed by atoms with Gasteiger partial charge in [-0.2, -0.15) is 0 Å². The van der Waals surface area contributed by atoms with Gasteiger partial charge in [0.15, 0.2) is 0 Å². The fourth-order valence-corrected chi connectivity index (χ4v) is 2.07. The number of unbranched alkanes of at least 4 members (excludes halogenated alkanes) is 1. The maximum absolute atomic E-state index is 11.6. The molecule has 0 aliphatic heterocycles. The first kappa shape index (κ1) is 15.1. The Labute approximate surface area is 124 Å². The fraction of sp³-hybridized carbons (Fsp3) is 0.533. The molecule has 0 amide bonds.